The number of hydrogen-bond acceptors (Lipinski definition) is 3. The molecule has 1 aromatic heterocycles. The lowest BCUT2D eigenvalue weighted by Gasteiger charge is -2.07. The third kappa shape index (κ3) is 3.03. The number of thiophene rings is 1. The zero-order valence-corrected chi connectivity index (χ0v) is 11.9. The second-order valence-electron chi connectivity index (χ2n) is 4.32. The molecule has 0 unspecified atom stereocenters. The second kappa shape index (κ2) is 5.99. The van der Waals surface area contributed by atoms with Gasteiger partial charge in [-0.2, -0.15) is 0 Å². The maximum Gasteiger partial charge on any atom is 0.265 e. The van der Waals surface area contributed by atoms with Crippen LogP contribution in [0.5, 0.6) is 0 Å². The van der Waals surface area contributed by atoms with Crippen LogP contribution in [0.4, 0.5) is 5.69 Å². The standard InChI is InChI=1S/C15H17NO2S/c1-3-11-8-14(19-10(11)2)15(18)16-13-7-5-4-6-12(13)9-17/h4-8,17H,3,9H2,1-2H3,(H,16,18). The zero-order chi connectivity index (χ0) is 13.8. The number of carbonyl (C=O) groups is 1. The topological polar surface area (TPSA) is 49.3 Å². The van der Waals surface area contributed by atoms with Crippen molar-refractivity contribution in [3.05, 3.63) is 51.2 Å². The van der Waals surface area contributed by atoms with Crippen molar-refractivity contribution in [2.45, 2.75) is 26.9 Å². The summed E-state index contributed by atoms with van der Waals surface area (Å²) in [6.07, 6.45) is 0.933. The predicted molar refractivity (Wildman–Crippen MR) is 78.8 cm³/mol. The minimum Gasteiger partial charge on any atom is -0.392 e. The largest absolute Gasteiger partial charge is 0.392 e. The van der Waals surface area contributed by atoms with Gasteiger partial charge in [-0.05, 0) is 31.0 Å². The lowest BCUT2D eigenvalue weighted by Crippen LogP contribution is -2.11. The summed E-state index contributed by atoms with van der Waals surface area (Å²) in [6, 6.07) is 9.21. The van der Waals surface area contributed by atoms with Crippen LogP contribution in [-0.4, -0.2) is 11.0 Å². The molecule has 0 saturated heterocycles. The third-order valence-corrected chi connectivity index (χ3v) is 4.15. The van der Waals surface area contributed by atoms with E-state index in [1.165, 1.54) is 21.8 Å². The molecule has 1 heterocycles. The van der Waals surface area contributed by atoms with Gasteiger partial charge in [0.2, 0.25) is 0 Å². The predicted octanol–water partition coefficient (Wildman–Crippen LogP) is 3.36. The van der Waals surface area contributed by atoms with E-state index in [1.54, 1.807) is 12.1 Å². The van der Waals surface area contributed by atoms with Crippen LogP contribution in [0.1, 0.15) is 32.6 Å². The molecule has 2 aromatic rings. The van der Waals surface area contributed by atoms with Crippen LogP contribution in [0.2, 0.25) is 0 Å². The number of para-hydroxylation sites is 1. The van der Waals surface area contributed by atoms with Crippen molar-refractivity contribution in [1.29, 1.82) is 0 Å². The molecule has 0 aliphatic heterocycles. The van der Waals surface area contributed by atoms with Crippen LogP contribution in [0.25, 0.3) is 0 Å². The van der Waals surface area contributed by atoms with Gasteiger partial charge in [0.1, 0.15) is 0 Å². The van der Waals surface area contributed by atoms with E-state index in [2.05, 4.69) is 12.2 Å². The zero-order valence-electron chi connectivity index (χ0n) is 11.1. The summed E-state index contributed by atoms with van der Waals surface area (Å²) in [7, 11) is 0. The molecule has 0 atom stereocenters. The van der Waals surface area contributed by atoms with E-state index in [4.69, 9.17) is 0 Å². The van der Waals surface area contributed by atoms with Crippen molar-refractivity contribution in [3.63, 3.8) is 0 Å². The molecule has 4 heteroatoms. The highest BCUT2D eigenvalue weighted by atomic mass is 32.1. The smallest absolute Gasteiger partial charge is 0.265 e. The molecular formula is C15H17NO2S. The summed E-state index contributed by atoms with van der Waals surface area (Å²) < 4.78 is 0. The SMILES string of the molecule is CCc1cc(C(=O)Nc2ccccc2CO)sc1C. The van der Waals surface area contributed by atoms with Crippen molar-refractivity contribution in [3.8, 4) is 0 Å². The number of nitrogens with one attached hydrogen (secondary N) is 1. The monoisotopic (exact) mass is 275 g/mol. The Morgan fingerprint density at radius 2 is 2.05 bits per heavy atom. The van der Waals surface area contributed by atoms with Gasteiger partial charge in [0.25, 0.3) is 5.91 Å². The average Bonchev–Trinajstić information content (AvgIpc) is 2.80. The highest BCUT2D eigenvalue weighted by molar-refractivity contribution is 7.14. The van der Waals surface area contributed by atoms with Gasteiger partial charge in [-0.1, -0.05) is 25.1 Å². The van der Waals surface area contributed by atoms with Crippen LogP contribution < -0.4 is 5.32 Å². The number of aliphatic hydroxyl groups is 1. The minimum atomic E-state index is -0.117. The molecule has 100 valence electrons. The lowest BCUT2D eigenvalue weighted by molar-refractivity contribution is 0.103. The average molecular weight is 275 g/mol. The lowest BCUT2D eigenvalue weighted by atomic mass is 10.2. The summed E-state index contributed by atoms with van der Waals surface area (Å²) in [5.41, 5.74) is 2.60. The van der Waals surface area contributed by atoms with Crippen LogP contribution in [0, 0.1) is 6.92 Å². The molecule has 0 aliphatic rings. The molecular weight excluding hydrogens is 258 g/mol. The first-order chi connectivity index (χ1) is 9.15. The van der Waals surface area contributed by atoms with Gasteiger partial charge >= 0.3 is 0 Å². The first-order valence-corrected chi connectivity index (χ1v) is 7.06. The first-order valence-electron chi connectivity index (χ1n) is 6.25. The summed E-state index contributed by atoms with van der Waals surface area (Å²) in [5, 5.41) is 12.1. The van der Waals surface area contributed by atoms with Crippen molar-refractivity contribution < 1.29 is 9.90 Å². The number of rotatable bonds is 4. The molecule has 0 spiro atoms. The van der Waals surface area contributed by atoms with Crippen molar-refractivity contribution >= 4 is 22.9 Å². The van der Waals surface area contributed by atoms with E-state index < -0.39 is 0 Å². The first kappa shape index (κ1) is 13.8. The molecule has 0 aliphatic carbocycles. The van der Waals surface area contributed by atoms with E-state index in [-0.39, 0.29) is 12.5 Å². The Kier molecular flexibility index (Phi) is 4.35. The van der Waals surface area contributed by atoms with Crippen molar-refractivity contribution in [2.24, 2.45) is 0 Å². The highest BCUT2D eigenvalue weighted by Crippen LogP contribution is 2.24. The Labute approximate surface area is 116 Å². The maximum absolute atomic E-state index is 12.2. The molecule has 1 aromatic carbocycles. The Balaban J connectivity index is 2.20. The number of amides is 1. The number of aryl methyl sites for hydroxylation is 2. The van der Waals surface area contributed by atoms with Crippen LogP contribution >= 0.6 is 11.3 Å². The maximum atomic E-state index is 12.2. The summed E-state index contributed by atoms with van der Waals surface area (Å²) >= 11 is 1.51. The minimum absolute atomic E-state index is 0.0832. The number of benzene rings is 1. The normalized spacial score (nSPS) is 10.5. The fourth-order valence-corrected chi connectivity index (χ4v) is 2.96. The van der Waals surface area contributed by atoms with E-state index in [0.717, 1.165) is 12.0 Å². The third-order valence-electron chi connectivity index (χ3n) is 3.06. The van der Waals surface area contributed by atoms with E-state index in [9.17, 15) is 9.90 Å². The highest BCUT2D eigenvalue weighted by Gasteiger charge is 2.13. The molecule has 0 bridgehead atoms. The number of aliphatic hydroxyl groups excluding tert-OH is 1. The van der Waals surface area contributed by atoms with Gasteiger partial charge in [0, 0.05) is 16.1 Å². The molecule has 1 amide bonds. The molecule has 19 heavy (non-hydrogen) atoms. The van der Waals surface area contributed by atoms with Gasteiger partial charge in [0.15, 0.2) is 0 Å². The quantitative estimate of drug-likeness (QED) is 0.899. The van der Waals surface area contributed by atoms with Crippen LogP contribution in [0.3, 0.4) is 0 Å². The fraction of sp³-hybridized carbons (Fsp3) is 0.267. The molecule has 2 rings (SSSR count). The van der Waals surface area contributed by atoms with Gasteiger partial charge in [0.05, 0.1) is 11.5 Å². The van der Waals surface area contributed by atoms with Gasteiger partial charge in [-0.15, -0.1) is 11.3 Å². The Morgan fingerprint density at radius 1 is 1.32 bits per heavy atom. The van der Waals surface area contributed by atoms with E-state index in [0.29, 0.717) is 10.6 Å². The van der Waals surface area contributed by atoms with Crippen molar-refractivity contribution in [2.75, 3.05) is 5.32 Å². The Bertz CT molecular complexity index is 590. The Hall–Kier alpha value is -1.65. The Morgan fingerprint density at radius 3 is 2.68 bits per heavy atom. The molecule has 0 radical (unpaired) electrons. The summed E-state index contributed by atoms with van der Waals surface area (Å²) in [5.74, 6) is -0.117. The van der Waals surface area contributed by atoms with Crippen LogP contribution in [0.15, 0.2) is 30.3 Å². The molecule has 0 saturated carbocycles. The fourth-order valence-electron chi connectivity index (χ4n) is 1.95. The van der Waals surface area contributed by atoms with Gasteiger partial charge in [-0.25, -0.2) is 0 Å². The summed E-state index contributed by atoms with van der Waals surface area (Å²) in [6.45, 7) is 4.03. The number of hydrogen-bond donors (Lipinski definition) is 2. The number of carbonyl (C=O) groups excluding carboxylic acids is 1. The molecule has 0 fully saturated rings. The molecule has 2 N–H and O–H groups in total. The van der Waals surface area contributed by atoms with Crippen molar-refractivity contribution in [1.82, 2.24) is 0 Å². The van der Waals surface area contributed by atoms with E-state index >= 15 is 0 Å². The van der Waals surface area contributed by atoms with Gasteiger partial charge < -0.3 is 10.4 Å². The molecule has 3 nitrogen and oxygen atoms in total. The number of anilines is 1. The van der Waals surface area contributed by atoms with Gasteiger partial charge in [-0.3, -0.25) is 4.79 Å². The second-order valence-corrected chi connectivity index (χ2v) is 5.57. The van der Waals surface area contributed by atoms with Crippen LogP contribution in [-0.2, 0) is 13.0 Å². The van der Waals surface area contributed by atoms with E-state index in [1.807, 2.05) is 25.1 Å². The summed E-state index contributed by atoms with van der Waals surface area (Å²) in [4.78, 5) is 14.1.